The summed E-state index contributed by atoms with van der Waals surface area (Å²) in [5.74, 6) is -0.158. The zero-order chi connectivity index (χ0) is 21.4. The molecule has 0 spiro atoms. The number of aliphatic hydroxyl groups excluding tert-OH is 1. The Labute approximate surface area is 167 Å². The van der Waals surface area contributed by atoms with Crippen LogP contribution >= 0.6 is 0 Å². The molecule has 8 heteroatoms. The second kappa shape index (κ2) is 8.24. The Morgan fingerprint density at radius 1 is 1.00 bits per heavy atom. The van der Waals surface area contributed by atoms with Crippen LogP contribution in [0.3, 0.4) is 0 Å². The van der Waals surface area contributed by atoms with Crippen molar-refractivity contribution in [3.8, 4) is 0 Å². The number of hydrogen-bond acceptors (Lipinski definition) is 5. The summed E-state index contributed by atoms with van der Waals surface area (Å²) in [4.78, 5) is 11.9. The minimum absolute atomic E-state index is 0.00419. The van der Waals surface area contributed by atoms with E-state index in [0.717, 1.165) is 0 Å². The second-order valence-electron chi connectivity index (χ2n) is 10.7. The zero-order valence-electron chi connectivity index (χ0n) is 19.1. The molecule has 1 amide bonds. The van der Waals surface area contributed by atoms with Gasteiger partial charge in [0.2, 0.25) is 5.91 Å². The van der Waals surface area contributed by atoms with Crippen LogP contribution in [-0.2, 0) is 18.4 Å². The third-order valence-electron chi connectivity index (χ3n) is 6.33. The van der Waals surface area contributed by atoms with E-state index in [9.17, 15) is 9.90 Å². The second-order valence-corrected chi connectivity index (χ2v) is 20.2. The molecule has 0 aliphatic carbocycles. The lowest BCUT2D eigenvalue weighted by Crippen LogP contribution is -2.56. The van der Waals surface area contributed by atoms with Gasteiger partial charge in [0.1, 0.15) is 12.1 Å². The summed E-state index contributed by atoms with van der Waals surface area (Å²) in [7, 11) is -4.26. The number of rotatable bonds is 6. The topological polar surface area (TPSA) is 77.0 Å². The van der Waals surface area contributed by atoms with Crippen molar-refractivity contribution in [3.63, 3.8) is 0 Å². The van der Waals surface area contributed by atoms with Gasteiger partial charge in [-0.15, -0.1) is 0 Å². The van der Waals surface area contributed by atoms with Gasteiger partial charge in [-0.05, 0) is 36.3 Å². The number of carbonyl (C=O) groups excluding carboxylic acids is 1. The van der Waals surface area contributed by atoms with E-state index in [4.69, 9.17) is 13.6 Å². The minimum atomic E-state index is -2.13. The van der Waals surface area contributed by atoms with Gasteiger partial charge >= 0.3 is 0 Å². The van der Waals surface area contributed by atoms with E-state index in [2.05, 4.69) is 73.0 Å². The number of carbonyl (C=O) groups is 1. The third-order valence-corrected chi connectivity index (χ3v) is 15.2. The lowest BCUT2D eigenvalue weighted by molar-refractivity contribution is -0.124. The first-order valence-corrected chi connectivity index (χ1v) is 15.6. The summed E-state index contributed by atoms with van der Waals surface area (Å²) in [6.07, 6.45) is -1.58. The van der Waals surface area contributed by atoms with Crippen LogP contribution in [0.25, 0.3) is 0 Å². The van der Waals surface area contributed by atoms with Crippen molar-refractivity contribution in [2.24, 2.45) is 0 Å². The van der Waals surface area contributed by atoms with Crippen molar-refractivity contribution in [2.75, 3.05) is 6.61 Å². The molecule has 1 rings (SSSR count). The van der Waals surface area contributed by atoms with E-state index in [1.807, 2.05) is 0 Å². The third kappa shape index (κ3) is 5.87. The Kier molecular flexibility index (Phi) is 7.56. The average molecular weight is 420 g/mol. The fourth-order valence-corrected chi connectivity index (χ4v) is 4.96. The van der Waals surface area contributed by atoms with E-state index in [1.54, 1.807) is 0 Å². The van der Waals surface area contributed by atoms with Crippen LogP contribution in [0.4, 0.5) is 0 Å². The molecule has 1 heterocycles. The number of hydrogen-bond donors (Lipinski definition) is 2. The van der Waals surface area contributed by atoms with Gasteiger partial charge in [0, 0.05) is 6.92 Å². The Morgan fingerprint density at radius 3 is 1.81 bits per heavy atom. The average Bonchev–Trinajstić information content (AvgIpc) is 2.72. The smallest absolute Gasteiger partial charge is 0.217 e. The highest BCUT2D eigenvalue weighted by molar-refractivity contribution is 6.74. The van der Waals surface area contributed by atoms with E-state index in [1.165, 1.54) is 6.92 Å². The van der Waals surface area contributed by atoms with Crippen LogP contribution in [0.2, 0.25) is 36.3 Å². The largest absolute Gasteiger partial charge is 0.409 e. The molecule has 27 heavy (non-hydrogen) atoms. The van der Waals surface area contributed by atoms with Gasteiger partial charge in [0.25, 0.3) is 0 Å². The summed E-state index contributed by atoms with van der Waals surface area (Å²) in [6, 6.07) is -0.442. The molecule has 0 aromatic carbocycles. The van der Waals surface area contributed by atoms with Gasteiger partial charge < -0.3 is 24.0 Å². The predicted octanol–water partition coefficient (Wildman–Crippen LogP) is 3.62. The fraction of sp³-hybridized carbons (Fsp3) is 0.947. The summed E-state index contributed by atoms with van der Waals surface area (Å²) in [5.41, 5.74) is 0. The molecule has 0 radical (unpaired) electrons. The summed E-state index contributed by atoms with van der Waals surface area (Å²) >= 11 is 0. The highest BCUT2D eigenvalue weighted by Crippen LogP contribution is 2.42. The van der Waals surface area contributed by atoms with Crippen molar-refractivity contribution in [1.82, 2.24) is 5.32 Å². The number of aliphatic hydroxyl groups is 1. The zero-order valence-corrected chi connectivity index (χ0v) is 21.1. The summed E-state index contributed by atoms with van der Waals surface area (Å²) in [6.45, 7) is 22.9. The molecule has 0 aromatic heterocycles. The molecule has 0 bridgehead atoms. The predicted molar refractivity (Wildman–Crippen MR) is 114 cm³/mol. The van der Waals surface area contributed by atoms with Crippen LogP contribution in [0.15, 0.2) is 0 Å². The molecule has 1 fully saturated rings. The van der Waals surface area contributed by atoms with Crippen LogP contribution in [0, 0.1) is 0 Å². The van der Waals surface area contributed by atoms with Gasteiger partial charge in [0.05, 0.1) is 12.7 Å². The fourth-order valence-electron chi connectivity index (χ4n) is 2.49. The van der Waals surface area contributed by atoms with Gasteiger partial charge in [-0.1, -0.05) is 41.5 Å². The maximum atomic E-state index is 11.9. The molecule has 1 aliphatic rings. The maximum Gasteiger partial charge on any atom is 0.217 e. The SMILES string of the molecule is CC(=O)N[C@H]1C(O[Si](C)(C)C(C)(C)C)[C@@H](CO)O[C@@H]1O[Si](C)(C)C(C)(C)C. The van der Waals surface area contributed by atoms with Gasteiger partial charge in [-0.3, -0.25) is 4.79 Å². The number of amides is 1. The summed E-state index contributed by atoms with van der Waals surface area (Å²) in [5, 5.41) is 12.9. The molecule has 0 aromatic rings. The Morgan fingerprint density at radius 2 is 1.44 bits per heavy atom. The van der Waals surface area contributed by atoms with Gasteiger partial charge in [0.15, 0.2) is 22.9 Å². The van der Waals surface area contributed by atoms with Crippen LogP contribution in [0.5, 0.6) is 0 Å². The Bertz CT molecular complexity index is 525. The van der Waals surface area contributed by atoms with E-state index in [0.29, 0.717) is 0 Å². The molecule has 1 unspecified atom stereocenters. The van der Waals surface area contributed by atoms with Crippen LogP contribution < -0.4 is 5.32 Å². The highest BCUT2D eigenvalue weighted by Gasteiger charge is 2.53. The Hall–Kier alpha value is -0.256. The van der Waals surface area contributed by atoms with Crippen molar-refractivity contribution in [2.45, 2.75) is 109 Å². The van der Waals surface area contributed by atoms with Crippen LogP contribution in [0.1, 0.15) is 48.5 Å². The molecular formula is C19H41NO5Si2. The molecule has 4 atom stereocenters. The van der Waals surface area contributed by atoms with Gasteiger partial charge in [-0.2, -0.15) is 0 Å². The number of ether oxygens (including phenoxy) is 1. The molecular weight excluding hydrogens is 378 g/mol. The van der Waals surface area contributed by atoms with Crippen molar-refractivity contribution >= 4 is 22.5 Å². The lowest BCUT2D eigenvalue weighted by Gasteiger charge is -2.41. The first-order valence-electron chi connectivity index (χ1n) is 9.82. The molecule has 160 valence electrons. The van der Waals surface area contributed by atoms with Crippen LogP contribution in [-0.4, -0.2) is 58.8 Å². The Balaban J connectivity index is 3.19. The van der Waals surface area contributed by atoms with E-state index in [-0.39, 0.29) is 22.6 Å². The van der Waals surface area contributed by atoms with Crippen molar-refractivity contribution < 1.29 is 23.5 Å². The maximum absolute atomic E-state index is 11.9. The first kappa shape index (κ1) is 24.8. The normalized spacial score (nSPS) is 27.7. The lowest BCUT2D eigenvalue weighted by atomic mass is 10.1. The number of nitrogens with one attached hydrogen (secondary N) is 1. The first-order chi connectivity index (χ1) is 11.9. The molecule has 1 saturated heterocycles. The molecule has 6 nitrogen and oxygen atoms in total. The van der Waals surface area contributed by atoms with Crippen molar-refractivity contribution in [1.29, 1.82) is 0 Å². The molecule has 2 N–H and O–H groups in total. The molecule has 1 aliphatic heterocycles. The van der Waals surface area contributed by atoms with Crippen molar-refractivity contribution in [3.05, 3.63) is 0 Å². The molecule has 0 saturated carbocycles. The van der Waals surface area contributed by atoms with E-state index >= 15 is 0 Å². The highest BCUT2D eigenvalue weighted by atomic mass is 28.4. The van der Waals surface area contributed by atoms with E-state index < -0.39 is 41.2 Å². The monoisotopic (exact) mass is 419 g/mol. The summed E-state index contributed by atoms with van der Waals surface area (Å²) < 4.78 is 19.1. The minimum Gasteiger partial charge on any atom is -0.409 e. The van der Waals surface area contributed by atoms with Gasteiger partial charge in [-0.25, -0.2) is 0 Å². The quantitative estimate of drug-likeness (QED) is 0.643. The standard InChI is InChI=1S/C19H41NO5Si2/c1-13(22)20-15-16(24-26(8,9)18(2,3)4)14(12-21)23-17(15)25-27(10,11)19(5,6)7/h14-17,21H,12H2,1-11H3,(H,20,22)/t14-,15+,16?,17-/m1/s1.